The van der Waals surface area contributed by atoms with Crippen molar-refractivity contribution in [3.8, 4) is 5.75 Å². The molecule has 180 valence electrons. The van der Waals surface area contributed by atoms with Gasteiger partial charge in [-0.15, -0.1) is 10.2 Å². The maximum atomic E-state index is 12.0. The number of hydrogen-bond acceptors (Lipinski definition) is 6. The second kappa shape index (κ2) is 11.7. The number of anilines is 1. The molecule has 0 bridgehead atoms. The predicted octanol–water partition coefficient (Wildman–Crippen LogP) is 4.67. The number of nitrogens with zero attached hydrogens (tertiary/aromatic N) is 4. The Morgan fingerprint density at radius 3 is 2.50 bits per heavy atom. The Kier molecular flexibility index (Phi) is 8.25. The van der Waals surface area contributed by atoms with Gasteiger partial charge in [-0.25, -0.2) is 4.79 Å². The molecule has 1 amide bonds. The summed E-state index contributed by atoms with van der Waals surface area (Å²) >= 11 is 5.93. The monoisotopic (exact) mass is 483 g/mol. The SMILES string of the molecule is CCn1c(COc2ccc(Cl)cc2)nnc1N1CCC(CNC(=O)OCc2ccccc2)CC1. The lowest BCUT2D eigenvalue weighted by atomic mass is 9.97. The first kappa shape index (κ1) is 23.9. The Morgan fingerprint density at radius 2 is 1.79 bits per heavy atom. The summed E-state index contributed by atoms with van der Waals surface area (Å²) in [6, 6.07) is 17.0. The van der Waals surface area contributed by atoms with Crippen LogP contribution < -0.4 is 15.0 Å². The van der Waals surface area contributed by atoms with Gasteiger partial charge in [-0.3, -0.25) is 4.57 Å². The number of aromatic nitrogens is 3. The molecule has 0 aliphatic carbocycles. The molecular formula is C25H30ClN5O3. The molecule has 1 saturated heterocycles. The third-order valence-corrected chi connectivity index (χ3v) is 6.20. The van der Waals surface area contributed by atoms with E-state index in [0.717, 1.165) is 55.6 Å². The molecule has 0 unspecified atom stereocenters. The van der Waals surface area contributed by atoms with Crippen molar-refractivity contribution in [2.45, 2.75) is 39.5 Å². The molecule has 1 aromatic heterocycles. The van der Waals surface area contributed by atoms with Crippen LogP contribution in [0.1, 0.15) is 31.2 Å². The van der Waals surface area contributed by atoms with Crippen molar-refractivity contribution in [3.63, 3.8) is 0 Å². The minimum absolute atomic E-state index is 0.280. The number of alkyl carbamates (subject to hydrolysis) is 1. The summed E-state index contributed by atoms with van der Waals surface area (Å²) in [4.78, 5) is 14.3. The fourth-order valence-corrected chi connectivity index (χ4v) is 4.13. The first-order chi connectivity index (χ1) is 16.6. The zero-order valence-electron chi connectivity index (χ0n) is 19.3. The van der Waals surface area contributed by atoms with Crippen molar-refractivity contribution in [2.75, 3.05) is 24.5 Å². The summed E-state index contributed by atoms with van der Waals surface area (Å²) in [7, 11) is 0. The molecule has 9 heteroatoms. The third kappa shape index (κ3) is 6.41. The van der Waals surface area contributed by atoms with Gasteiger partial charge in [0, 0.05) is 31.2 Å². The number of nitrogens with one attached hydrogen (secondary N) is 1. The van der Waals surface area contributed by atoms with E-state index < -0.39 is 0 Å². The topological polar surface area (TPSA) is 81.5 Å². The normalized spacial score (nSPS) is 14.1. The lowest BCUT2D eigenvalue weighted by molar-refractivity contribution is 0.137. The van der Waals surface area contributed by atoms with Crippen LogP contribution >= 0.6 is 11.6 Å². The maximum absolute atomic E-state index is 12.0. The molecule has 1 N–H and O–H groups in total. The van der Waals surface area contributed by atoms with Crippen molar-refractivity contribution in [2.24, 2.45) is 5.92 Å². The van der Waals surface area contributed by atoms with Crippen molar-refractivity contribution in [3.05, 3.63) is 71.0 Å². The second-order valence-electron chi connectivity index (χ2n) is 8.28. The van der Waals surface area contributed by atoms with Gasteiger partial charge in [0.05, 0.1) is 0 Å². The van der Waals surface area contributed by atoms with E-state index in [0.29, 0.717) is 24.1 Å². The number of halogens is 1. The van der Waals surface area contributed by atoms with Crippen molar-refractivity contribution < 1.29 is 14.3 Å². The van der Waals surface area contributed by atoms with Crippen LogP contribution in [0.4, 0.5) is 10.7 Å². The van der Waals surface area contributed by atoms with Crippen molar-refractivity contribution in [1.82, 2.24) is 20.1 Å². The Morgan fingerprint density at radius 1 is 1.06 bits per heavy atom. The molecule has 3 aromatic rings. The first-order valence-corrected chi connectivity index (χ1v) is 12.0. The van der Waals surface area contributed by atoms with E-state index in [1.165, 1.54) is 0 Å². The highest BCUT2D eigenvalue weighted by atomic mass is 35.5. The Balaban J connectivity index is 1.22. The van der Waals surface area contributed by atoms with Gasteiger partial charge < -0.3 is 19.7 Å². The Bertz CT molecular complexity index is 1050. The number of piperidine rings is 1. The van der Waals surface area contributed by atoms with Crippen molar-refractivity contribution >= 4 is 23.6 Å². The minimum Gasteiger partial charge on any atom is -0.486 e. The van der Waals surface area contributed by atoms with E-state index in [1.807, 2.05) is 42.5 Å². The van der Waals surface area contributed by atoms with Gasteiger partial charge in [0.1, 0.15) is 19.0 Å². The average molecular weight is 484 g/mol. The third-order valence-electron chi connectivity index (χ3n) is 5.95. The van der Waals surface area contributed by atoms with Crippen LogP contribution in [0.15, 0.2) is 54.6 Å². The van der Waals surface area contributed by atoms with Gasteiger partial charge in [0.15, 0.2) is 5.82 Å². The largest absolute Gasteiger partial charge is 0.486 e. The lowest BCUT2D eigenvalue weighted by Gasteiger charge is -2.32. The molecule has 1 aliphatic heterocycles. The van der Waals surface area contributed by atoms with Crippen LogP contribution in [0.3, 0.4) is 0 Å². The lowest BCUT2D eigenvalue weighted by Crippen LogP contribution is -2.40. The molecule has 0 spiro atoms. The molecule has 2 aromatic carbocycles. The predicted molar refractivity (Wildman–Crippen MR) is 131 cm³/mol. The summed E-state index contributed by atoms with van der Waals surface area (Å²) in [6.45, 7) is 5.80. The first-order valence-electron chi connectivity index (χ1n) is 11.6. The van der Waals surface area contributed by atoms with E-state index in [-0.39, 0.29) is 12.7 Å². The molecule has 1 fully saturated rings. The number of ether oxygens (including phenoxy) is 2. The second-order valence-corrected chi connectivity index (χ2v) is 8.71. The number of rotatable bonds is 9. The molecule has 1 aliphatic rings. The minimum atomic E-state index is -0.373. The zero-order chi connectivity index (χ0) is 23.8. The summed E-state index contributed by atoms with van der Waals surface area (Å²) in [5, 5.41) is 12.4. The quantitative estimate of drug-likeness (QED) is 0.476. The van der Waals surface area contributed by atoms with Crippen LogP contribution in [0, 0.1) is 5.92 Å². The highest BCUT2D eigenvalue weighted by Crippen LogP contribution is 2.23. The number of amides is 1. The molecule has 2 heterocycles. The molecule has 0 radical (unpaired) electrons. The van der Waals surface area contributed by atoms with E-state index in [4.69, 9.17) is 21.1 Å². The Hall–Kier alpha value is -3.26. The van der Waals surface area contributed by atoms with Gasteiger partial charge in [0.25, 0.3) is 0 Å². The number of hydrogen-bond donors (Lipinski definition) is 1. The van der Waals surface area contributed by atoms with Crippen molar-refractivity contribution in [1.29, 1.82) is 0 Å². The highest BCUT2D eigenvalue weighted by molar-refractivity contribution is 6.30. The number of carbonyl (C=O) groups excluding carboxylic acids is 1. The van der Waals surface area contributed by atoms with E-state index in [1.54, 1.807) is 12.1 Å². The van der Waals surface area contributed by atoms with Gasteiger partial charge in [-0.1, -0.05) is 41.9 Å². The zero-order valence-corrected chi connectivity index (χ0v) is 20.1. The van der Waals surface area contributed by atoms with Gasteiger partial charge in [-0.2, -0.15) is 0 Å². The molecule has 0 saturated carbocycles. The molecule has 0 atom stereocenters. The van der Waals surface area contributed by atoms with Gasteiger partial charge >= 0.3 is 6.09 Å². The number of carbonyl (C=O) groups is 1. The van der Waals surface area contributed by atoms with Gasteiger partial charge in [0.2, 0.25) is 5.95 Å². The maximum Gasteiger partial charge on any atom is 0.407 e. The van der Waals surface area contributed by atoms with Crippen LogP contribution in [0.25, 0.3) is 0 Å². The standard InChI is InChI=1S/C25H30ClN5O3/c1-2-31-23(18-33-22-10-8-21(26)9-11-22)28-29-24(31)30-14-12-19(13-15-30)16-27-25(32)34-17-20-6-4-3-5-7-20/h3-11,19H,2,12-18H2,1H3,(H,27,32). The summed E-state index contributed by atoms with van der Waals surface area (Å²) in [5.74, 6) is 2.81. The van der Waals surface area contributed by atoms with Crippen LogP contribution in [-0.2, 0) is 24.5 Å². The van der Waals surface area contributed by atoms with E-state index >= 15 is 0 Å². The molecular weight excluding hydrogens is 454 g/mol. The molecule has 4 rings (SSSR count). The smallest absolute Gasteiger partial charge is 0.407 e. The van der Waals surface area contributed by atoms with Crippen LogP contribution in [-0.4, -0.2) is 40.5 Å². The van der Waals surface area contributed by atoms with E-state index in [9.17, 15) is 4.79 Å². The Labute approximate surface area is 204 Å². The molecule has 8 nitrogen and oxygen atoms in total. The van der Waals surface area contributed by atoms with Crippen LogP contribution in [0.2, 0.25) is 5.02 Å². The summed E-state index contributed by atoms with van der Waals surface area (Å²) in [6.07, 6.45) is 1.56. The molecule has 34 heavy (non-hydrogen) atoms. The fourth-order valence-electron chi connectivity index (χ4n) is 4.01. The number of benzene rings is 2. The summed E-state index contributed by atoms with van der Waals surface area (Å²) in [5.41, 5.74) is 0.976. The fraction of sp³-hybridized carbons (Fsp3) is 0.400. The summed E-state index contributed by atoms with van der Waals surface area (Å²) < 4.78 is 13.3. The van der Waals surface area contributed by atoms with Gasteiger partial charge in [-0.05, 0) is 55.5 Å². The van der Waals surface area contributed by atoms with E-state index in [2.05, 4.69) is 31.9 Å². The highest BCUT2D eigenvalue weighted by Gasteiger charge is 2.24. The average Bonchev–Trinajstić information content (AvgIpc) is 3.29. The van der Waals surface area contributed by atoms with Crippen LogP contribution in [0.5, 0.6) is 5.75 Å².